The summed E-state index contributed by atoms with van der Waals surface area (Å²) in [5, 5.41) is 0. The average molecular weight is 540 g/mol. The number of alkyl halides is 6. The molecule has 1 unspecified atom stereocenters. The summed E-state index contributed by atoms with van der Waals surface area (Å²) in [7, 11) is 1.42. The van der Waals surface area contributed by atoms with Gasteiger partial charge in [0, 0.05) is 25.6 Å². The Morgan fingerprint density at radius 3 is 2.34 bits per heavy atom. The van der Waals surface area contributed by atoms with Crippen LogP contribution in [0.15, 0.2) is 42.6 Å². The molecule has 1 aliphatic heterocycles. The number of Topliss-reactive ketones (excluding diaryl/α,β-unsaturated/α-hetero) is 1. The normalized spacial score (nSPS) is 16.6. The minimum absolute atomic E-state index is 0.0501. The third kappa shape index (κ3) is 5.36. The molecule has 3 aromatic rings. The van der Waals surface area contributed by atoms with Crippen LogP contribution < -0.4 is 9.64 Å². The number of ketones is 1. The number of imidazole rings is 1. The molecule has 1 amide bonds. The number of benzene rings is 1. The number of nitrogens with zero attached hydrogens (tertiary/aromatic N) is 4. The van der Waals surface area contributed by atoms with Crippen LogP contribution in [0.5, 0.6) is 11.8 Å². The molecule has 3 heterocycles. The maximum absolute atomic E-state index is 13.4. The summed E-state index contributed by atoms with van der Waals surface area (Å²) < 4.78 is 85.4. The molecule has 1 aliphatic rings. The van der Waals surface area contributed by atoms with Crippen LogP contribution in [0.25, 0.3) is 0 Å². The minimum atomic E-state index is -4.66. The maximum atomic E-state index is 13.4. The molecule has 0 saturated heterocycles. The van der Waals surface area contributed by atoms with Gasteiger partial charge in [0.1, 0.15) is 17.1 Å². The fraction of sp³-hybridized carbons (Fsp3) is 0.360. The van der Waals surface area contributed by atoms with E-state index in [1.54, 1.807) is 13.8 Å². The molecule has 0 saturated carbocycles. The zero-order chi connectivity index (χ0) is 28.0. The topological polar surface area (TPSA) is 77.3 Å². The Morgan fingerprint density at radius 2 is 1.76 bits per heavy atom. The fourth-order valence-electron chi connectivity index (χ4n) is 4.12. The van der Waals surface area contributed by atoms with E-state index in [0.29, 0.717) is 0 Å². The zero-order valence-electron chi connectivity index (χ0n) is 20.4. The molecule has 0 N–H and O–H groups in total. The summed E-state index contributed by atoms with van der Waals surface area (Å²) in [5.74, 6) is -1.97. The molecule has 0 fully saturated rings. The lowest BCUT2D eigenvalue weighted by Crippen LogP contribution is -2.34. The highest BCUT2D eigenvalue weighted by Crippen LogP contribution is 2.37. The Kier molecular flexibility index (Phi) is 6.97. The fourth-order valence-corrected chi connectivity index (χ4v) is 4.12. The van der Waals surface area contributed by atoms with E-state index in [4.69, 9.17) is 4.74 Å². The van der Waals surface area contributed by atoms with Crippen LogP contribution in [-0.4, -0.2) is 33.3 Å². The number of ether oxygens (including phenoxy) is 1. The molecule has 0 spiro atoms. The van der Waals surface area contributed by atoms with Gasteiger partial charge >= 0.3 is 18.4 Å². The van der Waals surface area contributed by atoms with Gasteiger partial charge in [-0.05, 0) is 35.7 Å². The second-order valence-corrected chi connectivity index (χ2v) is 9.20. The maximum Gasteiger partial charge on any atom is 0.433 e. The van der Waals surface area contributed by atoms with Gasteiger partial charge in [0.25, 0.3) is 0 Å². The minimum Gasteiger partial charge on any atom is -0.425 e. The van der Waals surface area contributed by atoms with Crippen molar-refractivity contribution >= 4 is 17.5 Å². The number of hydrogen-bond acceptors (Lipinski definition) is 5. The summed E-state index contributed by atoms with van der Waals surface area (Å²) in [6.07, 6.45) is -8.50. The number of carbonyl (C=O) groups excluding carboxylic acids is 2. The molecule has 0 bridgehead atoms. The highest BCUT2D eigenvalue weighted by molar-refractivity contribution is 6.09. The first-order valence-corrected chi connectivity index (χ1v) is 11.5. The van der Waals surface area contributed by atoms with Gasteiger partial charge in [0.15, 0.2) is 11.6 Å². The lowest BCUT2D eigenvalue weighted by molar-refractivity contribution is -0.141. The summed E-state index contributed by atoms with van der Waals surface area (Å²) >= 11 is 0. The Balaban J connectivity index is 1.81. The van der Waals surface area contributed by atoms with Gasteiger partial charge in [-0.25, -0.2) is 0 Å². The van der Waals surface area contributed by atoms with Crippen molar-refractivity contribution in [3.05, 3.63) is 65.1 Å². The predicted molar refractivity (Wildman–Crippen MR) is 123 cm³/mol. The van der Waals surface area contributed by atoms with Gasteiger partial charge in [-0.15, -0.1) is 0 Å². The first-order chi connectivity index (χ1) is 17.7. The summed E-state index contributed by atoms with van der Waals surface area (Å²) in [6.45, 7) is 3.33. The first-order valence-electron chi connectivity index (χ1n) is 11.5. The molecule has 0 aliphatic carbocycles. The van der Waals surface area contributed by atoms with Crippen molar-refractivity contribution in [1.29, 1.82) is 0 Å². The quantitative estimate of drug-likeness (QED) is 0.373. The third-order valence-corrected chi connectivity index (χ3v) is 6.18. The van der Waals surface area contributed by atoms with Gasteiger partial charge in [0.05, 0.1) is 12.1 Å². The number of rotatable bonds is 5. The van der Waals surface area contributed by atoms with Crippen LogP contribution in [0.2, 0.25) is 0 Å². The zero-order valence-corrected chi connectivity index (χ0v) is 20.4. The number of amides is 1. The lowest BCUT2D eigenvalue weighted by atomic mass is 9.90. The van der Waals surface area contributed by atoms with E-state index in [9.17, 15) is 35.9 Å². The van der Waals surface area contributed by atoms with Crippen LogP contribution in [-0.2, 0) is 23.7 Å². The van der Waals surface area contributed by atoms with Crippen LogP contribution in [0.3, 0.4) is 0 Å². The van der Waals surface area contributed by atoms with Crippen LogP contribution >= 0.6 is 0 Å². The smallest absolute Gasteiger partial charge is 0.425 e. The van der Waals surface area contributed by atoms with Crippen LogP contribution in [0, 0.1) is 11.8 Å². The van der Waals surface area contributed by atoms with Crippen molar-refractivity contribution in [2.45, 2.75) is 39.2 Å². The molecule has 13 heteroatoms. The molecule has 1 aromatic carbocycles. The van der Waals surface area contributed by atoms with Gasteiger partial charge in [-0.1, -0.05) is 26.0 Å². The van der Waals surface area contributed by atoms with E-state index in [2.05, 4.69) is 9.97 Å². The Bertz CT molecular complexity index is 1360. The second kappa shape index (κ2) is 9.76. The number of anilines is 1. The highest BCUT2D eigenvalue weighted by atomic mass is 19.4. The van der Waals surface area contributed by atoms with Crippen molar-refractivity contribution in [1.82, 2.24) is 14.5 Å². The highest BCUT2D eigenvalue weighted by Gasteiger charge is 2.39. The Hall–Kier alpha value is -3.90. The molecular weight excluding hydrogens is 518 g/mol. The van der Waals surface area contributed by atoms with E-state index < -0.39 is 35.3 Å². The molecule has 7 nitrogen and oxygen atoms in total. The molecule has 38 heavy (non-hydrogen) atoms. The van der Waals surface area contributed by atoms with Crippen molar-refractivity contribution in [2.75, 3.05) is 11.9 Å². The number of aromatic nitrogens is 3. The molecule has 1 atom stereocenters. The van der Waals surface area contributed by atoms with E-state index >= 15 is 0 Å². The summed E-state index contributed by atoms with van der Waals surface area (Å²) in [6, 6.07) is 5.59. The Morgan fingerprint density at radius 1 is 1.05 bits per heavy atom. The molecule has 202 valence electrons. The molecular formula is C25H22F6N4O3. The van der Waals surface area contributed by atoms with E-state index in [1.807, 2.05) is 0 Å². The average Bonchev–Trinajstić information content (AvgIpc) is 3.14. The number of halogens is 6. The number of fused-ring (bicyclic) bond motifs is 1. The van der Waals surface area contributed by atoms with Gasteiger partial charge < -0.3 is 4.74 Å². The molecule has 2 aromatic heterocycles. The largest absolute Gasteiger partial charge is 0.433 e. The first kappa shape index (κ1) is 27.1. The van der Waals surface area contributed by atoms with Crippen molar-refractivity contribution < 1.29 is 40.7 Å². The number of pyridine rings is 1. The van der Waals surface area contributed by atoms with Crippen LogP contribution in [0.4, 0.5) is 32.2 Å². The van der Waals surface area contributed by atoms with Crippen molar-refractivity contribution in [3.63, 3.8) is 0 Å². The van der Waals surface area contributed by atoms with E-state index in [-0.39, 0.29) is 53.6 Å². The number of hydrogen-bond donors (Lipinski definition) is 0. The van der Waals surface area contributed by atoms with Crippen molar-refractivity contribution in [3.8, 4) is 11.8 Å². The lowest BCUT2D eigenvalue weighted by Gasteiger charge is -2.21. The summed E-state index contributed by atoms with van der Waals surface area (Å²) in [4.78, 5) is 35.3. The third-order valence-electron chi connectivity index (χ3n) is 6.18. The Labute approximate surface area is 213 Å². The second-order valence-electron chi connectivity index (χ2n) is 9.20. The van der Waals surface area contributed by atoms with Crippen molar-refractivity contribution in [2.24, 2.45) is 11.8 Å². The van der Waals surface area contributed by atoms with Gasteiger partial charge in [-0.2, -0.15) is 31.3 Å². The van der Waals surface area contributed by atoms with E-state index in [0.717, 1.165) is 36.5 Å². The SMILES string of the molecule is CC(C)C1CC(=O)c2c(nc(Oc3cccc(C(F)(F)F)c3)n2Cc2ccc(C(F)(F)F)nc2)N(C)C1=O. The molecule has 4 rings (SSSR count). The monoisotopic (exact) mass is 540 g/mol. The summed E-state index contributed by atoms with van der Waals surface area (Å²) in [5.41, 5.74) is -1.92. The van der Waals surface area contributed by atoms with Gasteiger partial charge in [0.2, 0.25) is 5.91 Å². The molecule has 0 radical (unpaired) electrons. The van der Waals surface area contributed by atoms with E-state index in [1.165, 1.54) is 22.6 Å². The van der Waals surface area contributed by atoms with Crippen LogP contribution in [0.1, 0.15) is 47.6 Å². The van der Waals surface area contributed by atoms with Gasteiger partial charge in [-0.3, -0.25) is 24.0 Å². The number of carbonyl (C=O) groups is 2. The predicted octanol–water partition coefficient (Wildman–Crippen LogP) is 5.98. The standard InChI is InChI=1S/C25H22F6N4O3/c1-13(2)17-10-18(36)20-21(34(3)22(17)37)33-23(38-16-6-4-5-15(9-16)24(26,27)28)35(20)12-14-7-8-19(32-11-14)25(29,30)31/h4-9,11,13,17H,10,12H2,1-3H3.